The fraction of sp³-hybridized carbons (Fsp3) is 0.357. The van der Waals surface area contributed by atoms with Gasteiger partial charge >= 0.3 is 0 Å². The van der Waals surface area contributed by atoms with Gasteiger partial charge in [0.2, 0.25) is 0 Å². The summed E-state index contributed by atoms with van der Waals surface area (Å²) in [5, 5.41) is 11.3. The van der Waals surface area contributed by atoms with Gasteiger partial charge in [-0.1, -0.05) is 0 Å². The third-order valence-electron chi connectivity index (χ3n) is 3.16. The maximum absolute atomic E-state index is 13.3. The van der Waals surface area contributed by atoms with Crippen molar-refractivity contribution in [1.82, 2.24) is 4.98 Å². The Balaban J connectivity index is 2.38. The summed E-state index contributed by atoms with van der Waals surface area (Å²) < 4.78 is 26.6. The zero-order valence-corrected chi connectivity index (χ0v) is 12.0. The molecule has 2 aromatic rings. The van der Waals surface area contributed by atoms with Gasteiger partial charge in [0.1, 0.15) is 11.6 Å². The molecule has 0 bridgehead atoms. The number of aromatic nitrogens is 1. The topological polar surface area (TPSA) is 59.1 Å². The molecule has 0 spiro atoms. The molecule has 1 aromatic carbocycles. The van der Waals surface area contributed by atoms with Crippen LogP contribution in [-0.4, -0.2) is 16.6 Å². The molecule has 1 heterocycles. The summed E-state index contributed by atoms with van der Waals surface area (Å²) in [6.45, 7) is 3.72. The fourth-order valence-electron chi connectivity index (χ4n) is 2.24. The van der Waals surface area contributed by atoms with Gasteiger partial charge in [-0.05, 0) is 31.5 Å². The highest BCUT2D eigenvalue weighted by atomic mass is 32.1. The van der Waals surface area contributed by atoms with Crippen LogP contribution in [0.3, 0.4) is 0 Å². The van der Waals surface area contributed by atoms with E-state index in [1.54, 1.807) is 6.92 Å². The molecule has 0 aliphatic heterocycles. The Morgan fingerprint density at radius 2 is 1.85 bits per heavy atom. The van der Waals surface area contributed by atoms with Crippen LogP contribution in [-0.2, 0) is 0 Å². The number of hydrogen-bond donors (Lipinski definition) is 2. The molecular weight excluding hydrogens is 282 g/mol. The third kappa shape index (κ3) is 3.03. The Bertz CT molecular complexity index is 595. The monoisotopic (exact) mass is 298 g/mol. The highest BCUT2D eigenvalue weighted by Gasteiger charge is 2.26. The number of hydrogen-bond acceptors (Lipinski definition) is 4. The van der Waals surface area contributed by atoms with Crippen LogP contribution >= 0.6 is 11.3 Å². The SMILES string of the molecule is Cc1nc(C)c(C(O)C(CN)c2cc(F)cc(F)c2)s1. The smallest absolute Gasteiger partial charge is 0.126 e. The zero-order valence-electron chi connectivity index (χ0n) is 11.2. The Morgan fingerprint density at radius 3 is 2.30 bits per heavy atom. The van der Waals surface area contributed by atoms with Gasteiger partial charge in [-0.15, -0.1) is 11.3 Å². The number of nitrogens with zero attached hydrogens (tertiary/aromatic N) is 1. The molecule has 2 unspecified atom stereocenters. The maximum Gasteiger partial charge on any atom is 0.126 e. The highest BCUT2D eigenvalue weighted by molar-refractivity contribution is 7.11. The van der Waals surface area contributed by atoms with Crippen molar-refractivity contribution < 1.29 is 13.9 Å². The number of aliphatic hydroxyl groups is 1. The summed E-state index contributed by atoms with van der Waals surface area (Å²) in [5.74, 6) is -1.93. The van der Waals surface area contributed by atoms with E-state index in [-0.39, 0.29) is 6.54 Å². The molecule has 3 nitrogen and oxygen atoms in total. The normalized spacial score (nSPS) is 14.3. The van der Waals surface area contributed by atoms with Crippen molar-refractivity contribution in [2.45, 2.75) is 25.9 Å². The van der Waals surface area contributed by atoms with Gasteiger partial charge in [0.15, 0.2) is 0 Å². The molecule has 3 N–H and O–H groups in total. The van der Waals surface area contributed by atoms with Gasteiger partial charge in [0.05, 0.1) is 21.7 Å². The third-order valence-corrected chi connectivity index (χ3v) is 4.30. The van der Waals surface area contributed by atoms with Crippen molar-refractivity contribution in [3.05, 3.63) is 51.0 Å². The zero-order chi connectivity index (χ0) is 14.9. The first-order valence-electron chi connectivity index (χ1n) is 6.20. The van der Waals surface area contributed by atoms with Crippen molar-refractivity contribution in [3.63, 3.8) is 0 Å². The number of aryl methyl sites for hydroxylation is 2. The molecule has 6 heteroatoms. The minimum atomic E-state index is -0.924. The number of nitrogens with two attached hydrogens (primary N) is 1. The van der Waals surface area contributed by atoms with Gasteiger partial charge in [-0.25, -0.2) is 13.8 Å². The number of halogens is 2. The molecular formula is C14H16F2N2OS. The van der Waals surface area contributed by atoms with E-state index in [9.17, 15) is 13.9 Å². The van der Waals surface area contributed by atoms with Crippen molar-refractivity contribution in [3.8, 4) is 0 Å². The van der Waals surface area contributed by atoms with E-state index < -0.39 is 23.7 Å². The maximum atomic E-state index is 13.3. The Morgan fingerprint density at radius 1 is 1.25 bits per heavy atom. The van der Waals surface area contributed by atoms with E-state index >= 15 is 0 Å². The van der Waals surface area contributed by atoms with Crippen LogP contribution in [0.2, 0.25) is 0 Å². The Hall–Kier alpha value is -1.37. The minimum absolute atomic E-state index is 0.0838. The highest BCUT2D eigenvalue weighted by Crippen LogP contribution is 2.35. The molecule has 20 heavy (non-hydrogen) atoms. The molecule has 0 saturated carbocycles. The van der Waals surface area contributed by atoms with E-state index in [1.807, 2.05) is 6.92 Å². The summed E-state index contributed by atoms with van der Waals surface area (Å²) in [6, 6.07) is 3.20. The summed E-state index contributed by atoms with van der Waals surface area (Å²) in [6.07, 6.45) is -0.924. The summed E-state index contributed by atoms with van der Waals surface area (Å²) in [5.41, 5.74) is 6.75. The first-order valence-corrected chi connectivity index (χ1v) is 7.02. The van der Waals surface area contributed by atoms with E-state index in [1.165, 1.54) is 23.5 Å². The van der Waals surface area contributed by atoms with Crippen LogP contribution in [0.25, 0.3) is 0 Å². The lowest BCUT2D eigenvalue weighted by molar-refractivity contribution is 0.150. The fourth-order valence-corrected chi connectivity index (χ4v) is 3.22. The van der Waals surface area contributed by atoms with Crippen molar-refractivity contribution >= 4 is 11.3 Å². The van der Waals surface area contributed by atoms with Gasteiger partial charge in [-0.3, -0.25) is 0 Å². The molecule has 0 aliphatic carbocycles. The molecule has 1 aromatic heterocycles. The summed E-state index contributed by atoms with van der Waals surface area (Å²) in [7, 11) is 0. The largest absolute Gasteiger partial charge is 0.387 e. The van der Waals surface area contributed by atoms with E-state index in [0.717, 1.165) is 16.8 Å². The summed E-state index contributed by atoms with van der Waals surface area (Å²) >= 11 is 1.37. The van der Waals surface area contributed by atoms with Crippen molar-refractivity contribution in [2.24, 2.45) is 5.73 Å². The van der Waals surface area contributed by atoms with Crippen LogP contribution in [0.5, 0.6) is 0 Å². The number of thiazole rings is 1. The van der Waals surface area contributed by atoms with Gasteiger partial charge in [0, 0.05) is 18.5 Å². The van der Waals surface area contributed by atoms with Gasteiger partial charge in [0.25, 0.3) is 0 Å². The second-order valence-electron chi connectivity index (χ2n) is 4.67. The van der Waals surface area contributed by atoms with Crippen LogP contribution in [0.4, 0.5) is 8.78 Å². The van der Waals surface area contributed by atoms with E-state index in [4.69, 9.17) is 5.73 Å². The molecule has 2 rings (SSSR count). The quantitative estimate of drug-likeness (QED) is 0.912. The van der Waals surface area contributed by atoms with Crippen molar-refractivity contribution in [2.75, 3.05) is 6.54 Å². The predicted octanol–water partition coefficient (Wildman–Crippen LogP) is 2.81. The Labute approximate surface area is 120 Å². The Kier molecular flexibility index (Phi) is 4.47. The second-order valence-corrected chi connectivity index (χ2v) is 5.91. The lowest BCUT2D eigenvalue weighted by Crippen LogP contribution is -2.20. The van der Waals surface area contributed by atoms with Crippen LogP contribution in [0, 0.1) is 25.5 Å². The molecule has 2 atom stereocenters. The standard InChI is InChI=1S/C14H16F2N2OS/c1-7-14(20-8(2)18-7)13(19)12(6-17)9-3-10(15)5-11(16)4-9/h3-5,12-13,19H,6,17H2,1-2H3. The molecule has 0 fully saturated rings. The average Bonchev–Trinajstić information content (AvgIpc) is 2.68. The molecule has 108 valence electrons. The number of rotatable bonds is 4. The molecule has 0 amide bonds. The van der Waals surface area contributed by atoms with E-state index in [0.29, 0.717) is 10.4 Å². The van der Waals surface area contributed by atoms with Gasteiger partial charge < -0.3 is 10.8 Å². The first-order chi connectivity index (χ1) is 9.42. The lowest BCUT2D eigenvalue weighted by atomic mass is 9.92. The molecule has 0 aliphatic rings. The van der Waals surface area contributed by atoms with Crippen molar-refractivity contribution in [1.29, 1.82) is 0 Å². The molecule has 0 radical (unpaired) electrons. The van der Waals surface area contributed by atoms with E-state index in [2.05, 4.69) is 4.98 Å². The average molecular weight is 298 g/mol. The minimum Gasteiger partial charge on any atom is -0.387 e. The number of benzene rings is 1. The van der Waals surface area contributed by atoms with Crippen LogP contribution < -0.4 is 5.73 Å². The number of aliphatic hydroxyl groups excluding tert-OH is 1. The lowest BCUT2D eigenvalue weighted by Gasteiger charge is -2.21. The predicted molar refractivity (Wildman–Crippen MR) is 74.7 cm³/mol. The van der Waals surface area contributed by atoms with Gasteiger partial charge in [-0.2, -0.15) is 0 Å². The molecule has 0 saturated heterocycles. The first kappa shape index (κ1) is 15.0. The van der Waals surface area contributed by atoms with Crippen LogP contribution in [0.15, 0.2) is 18.2 Å². The van der Waals surface area contributed by atoms with Crippen LogP contribution in [0.1, 0.15) is 33.2 Å². The second kappa shape index (κ2) is 5.95. The summed E-state index contributed by atoms with van der Waals surface area (Å²) in [4.78, 5) is 4.93.